The van der Waals surface area contributed by atoms with Gasteiger partial charge in [0.05, 0.1) is 0 Å². The fraction of sp³-hybridized carbons (Fsp3) is 0.333. The van der Waals surface area contributed by atoms with E-state index in [1.807, 2.05) is 18.2 Å². The van der Waals surface area contributed by atoms with Gasteiger partial charge in [0.2, 0.25) is 0 Å². The summed E-state index contributed by atoms with van der Waals surface area (Å²) in [5.74, 6) is 0. The SMILES string of the molecule is CC1c2ccc(Cl)n2CCN1Cc1ccnc(C#N)c1. The van der Waals surface area contributed by atoms with Crippen LogP contribution in [0.2, 0.25) is 5.15 Å². The summed E-state index contributed by atoms with van der Waals surface area (Å²) in [6.07, 6.45) is 1.70. The van der Waals surface area contributed by atoms with Crippen LogP contribution in [0.4, 0.5) is 0 Å². The first-order chi connectivity index (χ1) is 9.69. The Kier molecular flexibility index (Phi) is 3.47. The Morgan fingerprint density at radius 1 is 1.40 bits per heavy atom. The Morgan fingerprint density at radius 2 is 2.25 bits per heavy atom. The molecule has 5 heteroatoms. The zero-order valence-electron chi connectivity index (χ0n) is 11.3. The molecule has 0 amide bonds. The molecule has 0 aliphatic carbocycles. The molecule has 0 saturated carbocycles. The first-order valence-electron chi connectivity index (χ1n) is 6.63. The standard InChI is InChI=1S/C15H15ClN4/c1-11-14-2-3-15(16)20(14)7-6-19(11)10-12-4-5-18-13(8-12)9-17/h2-5,8,11H,6-7,10H2,1H3. The van der Waals surface area contributed by atoms with Crippen LogP contribution in [-0.4, -0.2) is 21.0 Å². The molecule has 1 unspecified atom stereocenters. The van der Waals surface area contributed by atoms with Crippen molar-refractivity contribution in [2.24, 2.45) is 0 Å². The summed E-state index contributed by atoms with van der Waals surface area (Å²) >= 11 is 6.17. The van der Waals surface area contributed by atoms with E-state index in [4.69, 9.17) is 16.9 Å². The molecule has 1 aliphatic heterocycles. The van der Waals surface area contributed by atoms with Gasteiger partial charge in [0.25, 0.3) is 0 Å². The maximum absolute atomic E-state index is 8.91. The molecule has 0 spiro atoms. The summed E-state index contributed by atoms with van der Waals surface area (Å²) < 4.78 is 2.16. The Hall–Kier alpha value is -1.83. The molecule has 2 aromatic rings. The van der Waals surface area contributed by atoms with Gasteiger partial charge in [0.1, 0.15) is 16.9 Å². The van der Waals surface area contributed by atoms with Crippen molar-refractivity contribution in [3.63, 3.8) is 0 Å². The summed E-state index contributed by atoms with van der Waals surface area (Å²) in [5, 5.41) is 9.72. The number of halogens is 1. The lowest BCUT2D eigenvalue weighted by Gasteiger charge is -2.35. The third-order valence-electron chi connectivity index (χ3n) is 3.87. The topological polar surface area (TPSA) is 44.9 Å². The van der Waals surface area contributed by atoms with Crippen LogP contribution in [0.25, 0.3) is 0 Å². The average molecular weight is 287 g/mol. The highest BCUT2D eigenvalue weighted by atomic mass is 35.5. The van der Waals surface area contributed by atoms with Crippen molar-refractivity contribution in [1.29, 1.82) is 5.26 Å². The van der Waals surface area contributed by atoms with Crippen LogP contribution in [0.15, 0.2) is 30.5 Å². The molecule has 0 radical (unpaired) electrons. The third-order valence-corrected chi connectivity index (χ3v) is 4.20. The molecule has 1 aliphatic rings. The highest BCUT2D eigenvalue weighted by molar-refractivity contribution is 6.29. The lowest BCUT2D eigenvalue weighted by atomic mass is 10.1. The van der Waals surface area contributed by atoms with E-state index in [2.05, 4.69) is 33.5 Å². The summed E-state index contributed by atoms with van der Waals surface area (Å²) in [6, 6.07) is 10.3. The smallest absolute Gasteiger partial charge is 0.140 e. The summed E-state index contributed by atoms with van der Waals surface area (Å²) in [4.78, 5) is 6.40. The highest BCUT2D eigenvalue weighted by Gasteiger charge is 2.25. The maximum Gasteiger partial charge on any atom is 0.140 e. The summed E-state index contributed by atoms with van der Waals surface area (Å²) in [7, 11) is 0. The number of aromatic nitrogens is 2. The molecule has 0 bridgehead atoms. The van der Waals surface area contributed by atoms with E-state index in [9.17, 15) is 0 Å². The minimum atomic E-state index is 0.315. The largest absolute Gasteiger partial charge is 0.333 e. The molecule has 1 atom stereocenters. The lowest BCUT2D eigenvalue weighted by Crippen LogP contribution is -2.36. The zero-order chi connectivity index (χ0) is 14.1. The fourth-order valence-electron chi connectivity index (χ4n) is 2.75. The van der Waals surface area contributed by atoms with Gasteiger partial charge in [0, 0.05) is 37.6 Å². The average Bonchev–Trinajstić information content (AvgIpc) is 2.84. The van der Waals surface area contributed by atoms with Crippen molar-refractivity contribution in [2.75, 3.05) is 6.54 Å². The third kappa shape index (κ3) is 2.31. The number of pyridine rings is 1. The predicted molar refractivity (Wildman–Crippen MR) is 77.2 cm³/mol. The van der Waals surface area contributed by atoms with Crippen molar-refractivity contribution in [3.05, 3.63) is 52.6 Å². The van der Waals surface area contributed by atoms with Crippen molar-refractivity contribution < 1.29 is 0 Å². The van der Waals surface area contributed by atoms with Gasteiger partial charge in [-0.15, -0.1) is 0 Å². The Bertz CT molecular complexity index is 671. The van der Waals surface area contributed by atoms with Gasteiger partial charge in [-0.05, 0) is 36.8 Å². The molecule has 0 saturated heterocycles. The molecular formula is C15H15ClN4. The van der Waals surface area contributed by atoms with E-state index in [1.165, 1.54) is 5.69 Å². The van der Waals surface area contributed by atoms with E-state index in [0.29, 0.717) is 11.7 Å². The van der Waals surface area contributed by atoms with Gasteiger partial charge >= 0.3 is 0 Å². The first-order valence-corrected chi connectivity index (χ1v) is 7.01. The maximum atomic E-state index is 8.91. The number of fused-ring (bicyclic) bond motifs is 1. The van der Waals surface area contributed by atoms with Crippen LogP contribution in [-0.2, 0) is 13.1 Å². The summed E-state index contributed by atoms with van der Waals surface area (Å²) in [6.45, 7) is 4.86. The van der Waals surface area contributed by atoms with Crippen molar-refractivity contribution in [3.8, 4) is 6.07 Å². The van der Waals surface area contributed by atoms with Crippen LogP contribution in [0.3, 0.4) is 0 Å². The van der Waals surface area contributed by atoms with Crippen LogP contribution < -0.4 is 0 Å². The number of nitriles is 1. The lowest BCUT2D eigenvalue weighted by molar-refractivity contribution is 0.161. The van der Waals surface area contributed by atoms with Crippen LogP contribution in [0, 0.1) is 11.3 Å². The van der Waals surface area contributed by atoms with Gasteiger partial charge in [0.15, 0.2) is 0 Å². The van der Waals surface area contributed by atoms with Crippen molar-refractivity contribution in [1.82, 2.24) is 14.5 Å². The van der Waals surface area contributed by atoms with Gasteiger partial charge in [-0.3, -0.25) is 4.90 Å². The molecule has 0 N–H and O–H groups in total. The second-order valence-corrected chi connectivity index (χ2v) is 5.43. The van der Waals surface area contributed by atoms with Gasteiger partial charge in [-0.2, -0.15) is 5.26 Å². The second-order valence-electron chi connectivity index (χ2n) is 5.04. The monoisotopic (exact) mass is 286 g/mol. The predicted octanol–water partition coefficient (Wildman–Crippen LogP) is 2.98. The molecule has 102 valence electrons. The fourth-order valence-corrected chi connectivity index (χ4v) is 3.00. The molecule has 20 heavy (non-hydrogen) atoms. The molecule has 0 fully saturated rings. The number of hydrogen-bond acceptors (Lipinski definition) is 3. The quantitative estimate of drug-likeness (QED) is 0.852. The van der Waals surface area contributed by atoms with Gasteiger partial charge in [-0.1, -0.05) is 11.6 Å². The number of nitrogens with zero attached hydrogens (tertiary/aromatic N) is 4. The van der Waals surface area contributed by atoms with Gasteiger partial charge < -0.3 is 4.57 Å². The molecule has 3 rings (SSSR count). The van der Waals surface area contributed by atoms with E-state index in [0.717, 1.165) is 30.4 Å². The van der Waals surface area contributed by atoms with Crippen molar-refractivity contribution in [2.45, 2.75) is 26.1 Å². The van der Waals surface area contributed by atoms with Crippen LogP contribution >= 0.6 is 11.6 Å². The zero-order valence-corrected chi connectivity index (χ0v) is 12.0. The van der Waals surface area contributed by atoms with Gasteiger partial charge in [-0.25, -0.2) is 4.98 Å². The molecule has 2 aromatic heterocycles. The summed E-state index contributed by atoms with van der Waals surface area (Å²) in [5.41, 5.74) is 2.84. The molecule has 3 heterocycles. The van der Waals surface area contributed by atoms with E-state index in [-0.39, 0.29) is 0 Å². The van der Waals surface area contributed by atoms with E-state index in [1.54, 1.807) is 6.20 Å². The normalized spacial score (nSPS) is 18.6. The van der Waals surface area contributed by atoms with Crippen LogP contribution in [0.1, 0.15) is 29.9 Å². The molecule has 0 aromatic carbocycles. The first kappa shape index (κ1) is 13.2. The second kappa shape index (κ2) is 5.28. The number of hydrogen-bond donors (Lipinski definition) is 0. The Morgan fingerprint density at radius 3 is 3.05 bits per heavy atom. The van der Waals surface area contributed by atoms with E-state index < -0.39 is 0 Å². The molecule has 4 nitrogen and oxygen atoms in total. The van der Waals surface area contributed by atoms with Crippen molar-refractivity contribution >= 4 is 11.6 Å². The Balaban J connectivity index is 1.81. The minimum absolute atomic E-state index is 0.315. The molecular weight excluding hydrogens is 272 g/mol. The highest BCUT2D eigenvalue weighted by Crippen LogP contribution is 2.30. The minimum Gasteiger partial charge on any atom is -0.333 e. The van der Waals surface area contributed by atoms with E-state index >= 15 is 0 Å². The Labute approximate surface area is 123 Å². The van der Waals surface area contributed by atoms with Crippen LogP contribution in [0.5, 0.6) is 0 Å². The number of rotatable bonds is 2.